The Kier molecular flexibility index (Phi) is 8.61. The summed E-state index contributed by atoms with van der Waals surface area (Å²) in [5, 5.41) is 8.94. The summed E-state index contributed by atoms with van der Waals surface area (Å²) in [6, 6.07) is 0. The molecule has 1 radical (unpaired) electrons. The van der Waals surface area contributed by atoms with E-state index in [2.05, 4.69) is 47.3 Å². The summed E-state index contributed by atoms with van der Waals surface area (Å²) < 4.78 is 1.94. The minimum atomic E-state index is 0.418. The third-order valence-corrected chi connectivity index (χ3v) is 4.52. The first-order chi connectivity index (χ1) is 13.6. The van der Waals surface area contributed by atoms with Gasteiger partial charge in [-0.05, 0) is 25.4 Å². The van der Waals surface area contributed by atoms with Gasteiger partial charge in [-0.25, -0.2) is 14.6 Å². The normalized spacial score (nSPS) is 13.1. The molecule has 2 heterocycles. The van der Waals surface area contributed by atoms with Gasteiger partial charge in [0.15, 0.2) is 5.65 Å². The van der Waals surface area contributed by atoms with E-state index in [0.29, 0.717) is 11.7 Å². The topological polar surface area (TPSA) is 94.0 Å². The van der Waals surface area contributed by atoms with Crippen LogP contribution in [0.5, 0.6) is 0 Å². The third-order valence-electron chi connectivity index (χ3n) is 4.52. The number of fused-ring (bicyclic) bond motifs is 1. The first-order valence-electron chi connectivity index (χ1n) is 9.63. The molecule has 147 valence electrons. The van der Waals surface area contributed by atoms with Crippen molar-refractivity contribution in [1.29, 1.82) is 0 Å². The minimum absolute atomic E-state index is 0.418. The predicted molar refractivity (Wildman–Crippen MR) is 119 cm³/mol. The SMILES string of the molecule is C=C/C=C(/[B]c1nn(CC(CC)CCNCC)c2ncnc(N)c12)C=NC=C. The number of hydrogen-bond donors (Lipinski definition) is 2. The Morgan fingerprint density at radius 1 is 1.39 bits per heavy atom. The maximum atomic E-state index is 6.16. The highest BCUT2D eigenvalue weighted by Gasteiger charge is 2.19. The molecular weight excluding hydrogens is 349 g/mol. The second kappa shape index (κ2) is 11.2. The lowest BCUT2D eigenvalue weighted by molar-refractivity contribution is 0.382. The van der Waals surface area contributed by atoms with Crippen LogP contribution in [0.2, 0.25) is 0 Å². The van der Waals surface area contributed by atoms with Crippen molar-refractivity contribution in [2.45, 2.75) is 33.2 Å². The molecule has 2 aromatic rings. The molecule has 0 aliphatic rings. The molecule has 7 nitrogen and oxygen atoms in total. The number of rotatable bonds is 12. The number of nitrogen functional groups attached to an aromatic ring is 1. The van der Waals surface area contributed by atoms with Gasteiger partial charge >= 0.3 is 0 Å². The number of allylic oxidation sites excluding steroid dienone is 3. The zero-order chi connectivity index (χ0) is 20.4. The number of nitrogens with one attached hydrogen (secondary N) is 1. The summed E-state index contributed by atoms with van der Waals surface area (Å²) in [6.45, 7) is 14.4. The van der Waals surface area contributed by atoms with Gasteiger partial charge in [-0.15, -0.1) is 0 Å². The smallest absolute Gasteiger partial charge is 0.222 e. The van der Waals surface area contributed by atoms with Crippen LogP contribution in [0.4, 0.5) is 5.82 Å². The van der Waals surface area contributed by atoms with Crippen LogP contribution < -0.4 is 16.6 Å². The van der Waals surface area contributed by atoms with E-state index in [9.17, 15) is 0 Å². The van der Waals surface area contributed by atoms with E-state index in [4.69, 9.17) is 10.8 Å². The van der Waals surface area contributed by atoms with Crippen LogP contribution >= 0.6 is 0 Å². The van der Waals surface area contributed by atoms with E-state index in [0.717, 1.165) is 54.6 Å². The monoisotopic (exact) mass is 378 g/mol. The van der Waals surface area contributed by atoms with E-state index < -0.39 is 0 Å². The molecule has 0 amide bonds. The Balaban J connectivity index is 2.37. The standard InChI is InChI=1S/C20H29BN7/c1-5-9-16(12-24-8-4)21-18-17-19(22)25-14-26-20(17)28(27-18)13-15(6-2)10-11-23-7-3/h5,8-9,12,14-15,23H,1,4,6-7,10-11,13H2,2-3H3,(H2,22,25,26)/b16-9+,24-12?. The van der Waals surface area contributed by atoms with Crippen LogP contribution in [-0.4, -0.2) is 46.3 Å². The lowest BCUT2D eigenvalue weighted by Crippen LogP contribution is -2.23. The zero-order valence-electron chi connectivity index (χ0n) is 16.8. The van der Waals surface area contributed by atoms with Crippen molar-refractivity contribution < 1.29 is 0 Å². The fourth-order valence-corrected chi connectivity index (χ4v) is 3.00. The average molecular weight is 378 g/mol. The van der Waals surface area contributed by atoms with Crippen LogP contribution in [-0.2, 0) is 6.54 Å². The van der Waals surface area contributed by atoms with Crippen LogP contribution in [0.3, 0.4) is 0 Å². The van der Waals surface area contributed by atoms with Gasteiger partial charge < -0.3 is 11.1 Å². The van der Waals surface area contributed by atoms with Gasteiger partial charge in [-0.2, -0.15) is 5.10 Å². The van der Waals surface area contributed by atoms with Gasteiger partial charge in [0.25, 0.3) is 0 Å². The molecule has 1 unspecified atom stereocenters. The molecule has 0 aliphatic carbocycles. The maximum absolute atomic E-state index is 6.16. The van der Waals surface area contributed by atoms with Crippen molar-refractivity contribution in [3.05, 3.63) is 43.3 Å². The van der Waals surface area contributed by atoms with E-state index in [1.54, 1.807) is 12.3 Å². The van der Waals surface area contributed by atoms with Gasteiger partial charge in [-0.1, -0.05) is 51.1 Å². The number of aliphatic imine (C=N–C) groups is 1. The molecule has 0 saturated heterocycles. The van der Waals surface area contributed by atoms with Crippen molar-refractivity contribution in [2.75, 3.05) is 18.8 Å². The first-order valence-corrected chi connectivity index (χ1v) is 9.63. The van der Waals surface area contributed by atoms with E-state index in [-0.39, 0.29) is 0 Å². The van der Waals surface area contributed by atoms with Crippen LogP contribution in [0, 0.1) is 5.92 Å². The maximum Gasteiger partial charge on any atom is 0.222 e. The second-order valence-corrected chi connectivity index (χ2v) is 6.45. The summed E-state index contributed by atoms with van der Waals surface area (Å²) in [5.74, 6) is 0.915. The Hall–Kier alpha value is -2.74. The highest BCUT2D eigenvalue weighted by atomic mass is 15.3. The fourth-order valence-electron chi connectivity index (χ4n) is 3.00. The Labute approximate surface area is 167 Å². The number of hydrogen-bond acceptors (Lipinski definition) is 6. The van der Waals surface area contributed by atoms with Crippen molar-refractivity contribution in [1.82, 2.24) is 25.1 Å². The van der Waals surface area contributed by atoms with Gasteiger partial charge in [0.05, 0.1) is 5.39 Å². The van der Waals surface area contributed by atoms with Crippen molar-refractivity contribution in [3.8, 4) is 0 Å². The van der Waals surface area contributed by atoms with Gasteiger partial charge in [0.2, 0.25) is 7.28 Å². The van der Waals surface area contributed by atoms with Crippen LogP contribution in [0.15, 0.2) is 48.3 Å². The summed E-state index contributed by atoms with van der Waals surface area (Å²) >= 11 is 0. The molecule has 0 spiro atoms. The molecule has 0 saturated carbocycles. The van der Waals surface area contributed by atoms with Gasteiger partial charge in [-0.3, -0.25) is 4.99 Å². The molecule has 2 aromatic heterocycles. The highest BCUT2D eigenvalue weighted by Crippen LogP contribution is 2.18. The molecular formula is C20H29BN7. The quantitative estimate of drug-likeness (QED) is 0.255. The summed E-state index contributed by atoms with van der Waals surface area (Å²) in [5.41, 5.74) is 8.46. The Morgan fingerprint density at radius 3 is 2.89 bits per heavy atom. The lowest BCUT2D eigenvalue weighted by atomic mass is 9.65. The summed E-state index contributed by atoms with van der Waals surface area (Å²) in [7, 11) is 1.91. The third kappa shape index (κ3) is 5.63. The lowest BCUT2D eigenvalue weighted by Gasteiger charge is -2.15. The van der Waals surface area contributed by atoms with Crippen LogP contribution in [0.25, 0.3) is 11.0 Å². The molecule has 28 heavy (non-hydrogen) atoms. The summed E-state index contributed by atoms with van der Waals surface area (Å²) in [4.78, 5) is 12.7. The summed E-state index contributed by atoms with van der Waals surface area (Å²) in [6.07, 6.45) is 10.4. The number of aromatic nitrogens is 4. The minimum Gasteiger partial charge on any atom is -0.383 e. The molecule has 0 aromatic carbocycles. The Morgan fingerprint density at radius 2 is 2.21 bits per heavy atom. The molecule has 0 fully saturated rings. The molecule has 0 aliphatic heterocycles. The van der Waals surface area contributed by atoms with E-state index >= 15 is 0 Å². The zero-order valence-corrected chi connectivity index (χ0v) is 16.8. The predicted octanol–water partition coefficient (Wildman–Crippen LogP) is 2.05. The fraction of sp³-hybridized carbons (Fsp3) is 0.400. The van der Waals surface area contributed by atoms with Crippen LogP contribution in [0.1, 0.15) is 26.7 Å². The first kappa shape index (κ1) is 21.6. The van der Waals surface area contributed by atoms with Gasteiger partial charge in [0, 0.05) is 24.6 Å². The molecule has 2 rings (SSSR count). The Bertz CT molecular complexity index is 854. The molecule has 1 atom stereocenters. The van der Waals surface area contributed by atoms with Crippen molar-refractivity contribution >= 4 is 35.9 Å². The largest absolute Gasteiger partial charge is 0.383 e. The average Bonchev–Trinajstić information content (AvgIpc) is 3.04. The highest BCUT2D eigenvalue weighted by molar-refractivity contribution is 6.67. The molecule has 3 N–H and O–H groups in total. The van der Waals surface area contributed by atoms with Crippen molar-refractivity contribution in [2.24, 2.45) is 10.9 Å². The number of anilines is 1. The number of nitrogens with two attached hydrogens (primary N) is 1. The number of nitrogens with zero attached hydrogens (tertiary/aromatic N) is 5. The van der Waals surface area contributed by atoms with Crippen molar-refractivity contribution in [3.63, 3.8) is 0 Å². The second-order valence-electron chi connectivity index (χ2n) is 6.45. The van der Waals surface area contributed by atoms with Gasteiger partial charge in [0.1, 0.15) is 12.1 Å². The van der Waals surface area contributed by atoms with E-state index in [1.165, 1.54) is 12.5 Å². The molecule has 8 heteroatoms. The van der Waals surface area contributed by atoms with E-state index in [1.807, 2.05) is 18.0 Å². The molecule has 0 bridgehead atoms.